The second-order valence-electron chi connectivity index (χ2n) is 12.2. The van der Waals surface area contributed by atoms with Gasteiger partial charge in [0.05, 0.1) is 23.1 Å². The van der Waals surface area contributed by atoms with Crippen LogP contribution in [0.3, 0.4) is 0 Å². The van der Waals surface area contributed by atoms with Gasteiger partial charge in [-0.15, -0.1) is 0 Å². The zero-order valence-corrected chi connectivity index (χ0v) is 26.1. The van der Waals surface area contributed by atoms with Crippen molar-refractivity contribution in [3.8, 4) is 0 Å². The highest BCUT2D eigenvalue weighted by atomic mass is 79.9. The molecule has 5 nitrogen and oxygen atoms in total. The highest BCUT2D eigenvalue weighted by Gasteiger charge is 2.60. The third-order valence-corrected chi connectivity index (χ3v) is 18.4. The van der Waals surface area contributed by atoms with E-state index in [1.54, 1.807) is 6.92 Å². The Morgan fingerprint density at radius 3 is 2.00 bits per heavy atom. The van der Waals surface area contributed by atoms with E-state index in [9.17, 15) is 9.59 Å². The largest absolute Gasteiger partial charge is 0.462 e. The SMILES string of the molecule is CCOC(=O)/C(Br)=C/[C@@H](C)[C@@H]1[C@@H]([C@@H](C)O[Si](C)(C)C(C)(C)C)C(=O)N1[Si](C)(C)C(C)(C)C. The summed E-state index contributed by atoms with van der Waals surface area (Å²) in [6, 6.07) is -0.00913. The molecule has 0 aromatic rings. The first-order valence-electron chi connectivity index (χ1n) is 11.8. The Hall–Kier alpha value is -0.446. The fraction of sp³-hybridized carbons (Fsp3) is 0.833. The van der Waals surface area contributed by atoms with Crippen molar-refractivity contribution in [2.24, 2.45) is 11.8 Å². The molecule has 1 fully saturated rings. The van der Waals surface area contributed by atoms with Crippen molar-refractivity contribution >= 4 is 44.4 Å². The van der Waals surface area contributed by atoms with Gasteiger partial charge in [0, 0.05) is 6.04 Å². The summed E-state index contributed by atoms with van der Waals surface area (Å²) in [6.07, 6.45) is 1.73. The molecule has 0 aliphatic carbocycles. The summed E-state index contributed by atoms with van der Waals surface area (Å²) in [4.78, 5) is 25.8. The number of hydrogen-bond donors (Lipinski definition) is 0. The van der Waals surface area contributed by atoms with Crippen LogP contribution in [0.4, 0.5) is 0 Å². The molecule has 0 spiro atoms. The van der Waals surface area contributed by atoms with Gasteiger partial charge in [0.25, 0.3) is 0 Å². The average molecular weight is 549 g/mol. The molecular weight excluding hydrogens is 502 g/mol. The van der Waals surface area contributed by atoms with E-state index in [1.165, 1.54) is 0 Å². The summed E-state index contributed by atoms with van der Waals surface area (Å²) < 4.78 is 14.4. The molecule has 1 amide bonds. The average Bonchev–Trinajstić information content (AvgIpc) is 2.56. The minimum atomic E-state index is -2.11. The number of hydrogen-bond acceptors (Lipinski definition) is 4. The lowest BCUT2D eigenvalue weighted by Gasteiger charge is -2.61. The smallest absolute Gasteiger partial charge is 0.344 e. The normalized spacial score (nSPS) is 23.0. The van der Waals surface area contributed by atoms with Gasteiger partial charge in [0.1, 0.15) is 0 Å². The van der Waals surface area contributed by atoms with Crippen LogP contribution in [0.15, 0.2) is 10.6 Å². The number of carbonyl (C=O) groups excluding carboxylic acids is 2. The predicted molar refractivity (Wildman–Crippen MR) is 142 cm³/mol. The molecule has 0 saturated carbocycles. The number of β-lactam (4-membered cyclic amide) rings is 1. The maximum atomic E-state index is 13.6. The third-order valence-electron chi connectivity index (χ3n) is 7.84. The number of rotatable bonds is 8. The Labute approximate surface area is 207 Å². The monoisotopic (exact) mass is 547 g/mol. The molecule has 0 aromatic carbocycles. The maximum Gasteiger partial charge on any atom is 0.344 e. The van der Waals surface area contributed by atoms with E-state index in [4.69, 9.17) is 9.16 Å². The molecule has 1 rings (SSSR count). The van der Waals surface area contributed by atoms with Gasteiger partial charge in [0.2, 0.25) is 5.91 Å². The Morgan fingerprint density at radius 1 is 1.09 bits per heavy atom. The van der Waals surface area contributed by atoms with Crippen molar-refractivity contribution in [1.82, 2.24) is 4.57 Å². The quantitative estimate of drug-likeness (QED) is 0.146. The van der Waals surface area contributed by atoms with Crippen molar-refractivity contribution < 1.29 is 18.8 Å². The van der Waals surface area contributed by atoms with Crippen LogP contribution in [-0.2, 0) is 18.8 Å². The van der Waals surface area contributed by atoms with Gasteiger partial charge in [-0.05, 0) is 58.9 Å². The van der Waals surface area contributed by atoms with E-state index >= 15 is 0 Å². The van der Waals surface area contributed by atoms with Crippen LogP contribution in [-0.4, -0.2) is 51.7 Å². The predicted octanol–water partition coefficient (Wildman–Crippen LogP) is 6.71. The van der Waals surface area contributed by atoms with E-state index in [-0.39, 0.29) is 45.9 Å². The summed E-state index contributed by atoms with van der Waals surface area (Å²) >= 11 is 3.39. The van der Waals surface area contributed by atoms with E-state index in [1.807, 2.05) is 6.08 Å². The van der Waals surface area contributed by atoms with E-state index in [0.717, 1.165) is 0 Å². The van der Waals surface area contributed by atoms with Crippen LogP contribution in [0, 0.1) is 11.8 Å². The summed E-state index contributed by atoms with van der Waals surface area (Å²) in [5, 5.41) is 0.0956. The van der Waals surface area contributed by atoms with Crippen molar-refractivity contribution in [3.05, 3.63) is 10.6 Å². The Balaban J connectivity index is 3.37. The van der Waals surface area contributed by atoms with Crippen molar-refractivity contribution in [2.75, 3.05) is 6.61 Å². The van der Waals surface area contributed by atoms with Crippen LogP contribution >= 0.6 is 15.9 Å². The van der Waals surface area contributed by atoms with Gasteiger partial charge < -0.3 is 13.7 Å². The topological polar surface area (TPSA) is 55.8 Å². The summed E-state index contributed by atoms with van der Waals surface area (Å²) in [6.45, 7) is 28.6. The number of amides is 1. The lowest BCUT2D eigenvalue weighted by Crippen LogP contribution is -2.76. The van der Waals surface area contributed by atoms with Crippen molar-refractivity contribution in [2.45, 2.75) is 111 Å². The summed E-state index contributed by atoms with van der Waals surface area (Å²) in [5.74, 6) is -0.408. The lowest BCUT2D eigenvalue weighted by molar-refractivity contribution is -0.156. The van der Waals surface area contributed by atoms with Gasteiger partial charge in [-0.2, -0.15) is 0 Å². The fourth-order valence-corrected chi connectivity index (χ4v) is 8.42. The number of halogens is 1. The second kappa shape index (κ2) is 10.0. The molecule has 0 unspecified atom stereocenters. The van der Waals surface area contributed by atoms with Gasteiger partial charge in [0.15, 0.2) is 16.6 Å². The maximum absolute atomic E-state index is 13.6. The van der Waals surface area contributed by atoms with Crippen LogP contribution in [0.25, 0.3) is 0 Å². The highest BCUT2D eigenvalue weighted by molar-refractivity contribution is 9.12. The molecule has 1 saturated heterocycles. The number of esters is 1. The van der Waals surface area contributed by atoms with Gasteiger partial charge in [-0.1, -0.05) is 67.6 Å². The summed E-state index contributed by atoms with van der Waals surface area (Å²) in [7, 11) is -4.14. The Bertz CT molecular complexity index is 737. The summed E-state index contributed by atoms with van der Waals surface area (Å²) in [5.41, 5.74) is 0. The minimum Gasteiger partial charge on any atom is -0.462 e. The van der Waals surface area contributed by atoms with E-state index in [2.05, 4.69) is 102 Å². The Morgan fingerprint density at radius 2 is 1.59 bits per heavy atom. The third kappa shape index (κ3) is 5.97. The number of nitrogens with zero attached hydrogens (tertiary/aromatic N) is 1. The molecule has 0 aromatic heterocycles. The van der Waals surface area contributed by atoms with Gasteiger partial charge >= 0.3 is 5.97 Å². The molecule has 1 aliphatic heterocycles. The molecule has 1 aliphatic rings. The molecule has 32 heavy (non-hydrogen) atoms. The highest BCUT2D eigenvalue weighted by Crippen LogP contribution is 2.49. The number of ether oxygens (including phenoxy) is 1. The second-order valence-corrected chi connectivity index (χ2v) is 22.9. The molecule has 1 heterocycles. The molecule has 0 radical (unpaired) electrons. The Kier molecular flexibility index (Phi) is 9.28. The molecule has 0 N–H and O–H groups in total. The van der Waals surface area contributed by atoms with Crippen LogP contribution < -0.4 is 0 Å². The van der Waals surface area contributed by atoms with Crippen LogP contribution in [0.2, 0.25) is 36.3 Å². The standard InChI is InChI=1S/C24H46BrNO4Si2/c1-14-29-22(28)18(25)15-16(2)20-19(17(3)30-32(12,13)24(7,8)9)21(27)26(20)31(10,11)23(4,5)6/h15-17,19-20H,14H2,1-13H3/b18-15-/t16-,17-,19-,20-/m1/s1. The van der Waals surface area contributed by atoms with Crippen molar-refractivity contribution in [1.29, 1.82) is 0 Å². The van der Waals surface area contributed by atoms with E-state index in [0.29, 0.717) is 11.1 Å². The lowest BCUT2D eigenvalue weighted by atomic mass is 9.78. The first kappa shape index (κ1) is 29.6. The number of carbonyl (C=O) groups is 2. The van der Waals surface area contributed by atoms with Crippen LogP contribution in [0.1, 0.15) is 62.3 Å². The van der Waals surface area contributed by atoms with Gasteiger partial charge in [-0.3, -0.25) is 4.79 Å². The molecular formula is C24H46BrNO4Si2. The van der Waals surface area contributed by atoms with E-state index < -0.39 is 16.6 Å². The first-order valence-corrected chi connectivity index (χ1v) is 18.4. The minimum absolute atomic E-state index is 0.00913. The van der Waals surface area contributed by atoms with Crippen LogP contribution in [0.5, 0.6) is 0 Å². The molecule has 0 bridgehead atoms. The van der Waals surface area contributed by atoms with Crippen molar-refractivity contribution in [3.63, 3.8) is 0 Å². The first-order chi connectivity index (χ1) is 14.2. The molecule has 4 atom stereocenters. The zero-order chi connectivity index (χ0) is 25.4. The molecule has 186 valence electrons. The zero-order valence-electron chi connectivity index (χ0n) is 22.6. The van der Waals surface area contributed by atoms with Gasteiger partial charge in [-0.25, -0.2) is 4.79 Å². The fourth-order valence-electron chi connectivity index (χ4n) is 3.89. The molecule has 8 heteroatoms.